The van der Waals surface area contributed by atoms with Gasteiger partial charge in [0.15, 0.2) is 0 Å². The van der Waals surface area contributed by atoms with Crippen molar-refractivity contribution in [2.75, 3.05) is 0 Å². The third-order valence-electron chi connectivity index (χ3n) is 3.44. The Labute approximate surface area is 111 Å². The molecule has 1 saturated carbocycles. The maximum atomic E-state index is 12.1. The largest absolute Gasteiger partial charge is 0.493 e. The normalized spacial score (nSPS) is 14.6. The van der Waals surface area contributed by atoms with Gasteiger partial charge in [-0.25, -0.2) is 0 Å². The van der Waals surface area contributed by atoms with Gasteiger partial charge in [-0.05, 0) is 31.2 Å². The van der Waals surface area contributed by atoms with Crippen LogP contribution in [0, 0.1) is 12.8 Å². The summed E-state index contributed by atoms with van der Waals surface area (Å²) in [6, 6.07) is 7.48. The Morgan fingerprint density at radius 3 is 2.84 bits per heavy atom. The van der Waals surface area contributed by atoms with Crippen molar-refractivity contribution in [1.29, 1.82) is 0 Å². The summed E-state index contributed by atoms with van der Waals surface area (Å²) >= 11 is 0. The summed E-state index contributed by atoms with van der Waals surface area (Å²) in [4.78, 5) is 19.0. The number of benzene rings is 1. The predicted molar refractivity (Wildman–Crippen MR) is 73.1 cm³/mol. The molecule has 2 aromatic rings. The van der Waals surface area contributed by atoms with Crippen LogP contribution >= 0.6 is 0 Å². The second kappa shape index (κ2) is 4.53. The summed E-state index contributed by atoms with van der Waals surface area (Å²) in [6.07, 6.45) is 3.12. The maximum Gasteiger partial charge on any atom is 0.262 e. The molecule has 1 aromatic heterocycles. The van der Waals surface area contributed by atoms with Crippen LogP contribution in [0.2, 0.25) is 0 Å². The smallest absolute Gasteiger partial charge is 0.262 e. The highest BCUT2D eigenvalue weighted by molar-refractivity contribution is 5.67. The molecule has 3 rings (SSSR count). The van der Waals surface area contributed by atoms with Crippen LogP contribution < -0.4 is 5.56 Å². The van der Waals surface area contributed by atoms with Crippen molar-refractivity contribution in [3.8, 4) is 17.0 Å². The topological polar surface area (TPSA) is 66.0 Å². The van der Waals surface area contributed by atoms with Crippen molar-refractivity contribution in [3.63, 3.8) is 0 Å². The van der Waals surface area contributed by atoms with E-state index in [4.69, 9.17) is 0 Å². The Morgan fingerprint density at radius 2 is 2.21 bits per heavy atom. The molecular weight excluding hydrogens is 240 g/mol. The minimum Gasteiger partial charge on any atom is -0.493 e. The van der Waals surface area contributed by atoms with E-state index >= 15 is 0 Å². The molecule has 4 heteroatoms. The Morgan fingerprint density at radius 1 is 1.42 bits per heavy atom. The molecule has 2 N–H and O–H groups in total. The highest BCUT2D eigenvalue weighted by Gasteiger charge is 2.23. The number of aromatic hydroxyl groups is 1. The Bertz CT molecular complexity index is 672. The fourth-order valence-electron chi connectivity index (χ4n) is 2.26. The lowest BCUT2D eigenvalue weighted by Crippen LogP contribution is -2.14. The summed E-state index contributed by atoms with van der Waals surface area (Å²) in [6.45, 7) is 1.95. The summed E-state index contributed by atoms with van der Waals surface area (Å²) < 4.78 is 0. The van der Waals surface area contributed by atoms with Crippen LogP contribution in [0.1, 0.15) is 24.2 Å². The fraction of sp³-hybridized carbons (Fsp3) is 0.333. The molecule has 98 valence electrons. The first-order chi connectivity index (χ1) is 9.13. The second-order valence-electron chi connectivity index (χ2n) is 5.23. The first-order valence-electron chi connectivity index (χ1n) is 6.52. The lowest BCUT2D eigenvalue weighted by atomic mass is 10.1. The number of hydrogen-bond donors (Lipinski definition) is 2. The minimum absolute atomic E-state index is 0.176. The van der Waals surface area contributed by atoms with Gasteiger partial charge in [0.1, 0.15) is 11.4 Å². The highest BCUT2D eigenvalue weighted by atomic mass is 16.3. The molecule has 4 nitrogen and oxygen atoms in total. The molecule has 1 aliphatic carbocycles. The Kier molecular flexibility index (Phi) is 2.85. The molecule has 19 heavy (non-hydrogen) atoms. The summed E-state index contributed by atoms with van der Waals surface area (Å²) in [5.41, 5.74) is 1.72. The van der Waals surface area contributed by atoms with Crippen LogP contribution in [0.3, 0.4) is 0 Å². The highest BCUT2D eigenvalue weighted by Crippen LogP contribution is 2.32. The third kappa shape index (κ3) is 2.52. The number of nitrogens with one attached hydrogen (secondary N) is 1. The van der Waals surface area contributed by atoms with E-state index in [0.29, 0.717) is 17.3 Å². The van der Waals surface area contributed by atoms with Gasteiger partial charge in [0.25, 0.3) is 5.56 Å². The molecule has 0 saturated heterocycles. The zero-order valence-electron chi connectivity index (χ0n) is 10.8. The quantitative estimate of drug-likeness (QED) is 0.886. The van der Waals surface area contributed by atoms with Gasteiger partial charge < -0.3 is 10.1 Å². The number of H-pyrrole nitrogens is 1. The Balaban J connectivity index is 2.04. The van der Waals surface area contributed by atoms with Crippen molar-refractivity contribution in [3.05, 3.63) is 46.0 Å². The van der Waals surface area contributed by atoms with Gasteiger partial charge in [-0.2, -0.15) is 4.98 Å². The average Bonchev–Trinajstić information content (AvgIpc) is 3.12. The average molecular weight is 256 g/mol. The number of aryl methyl sites for hydroxylation is 1. The molecule has 0 spiro atoms. The van der Waals surface area contributed by atoms with E-state index in [1.807, 2.05) is 25.1 Å². The van der Waals surface area contributed by atoms with Gasteiger partial charge in [-0.3, -0.25) is 4.79 Å². The Hall–Kier alpha value is -2.10. The van der Waals surface area contributed by atoms with E-state index in [9.17, 15) is 9.90 Å². The van der Waals surface area contributed by atoms with E-state index < -0.39 is 0 Å². The van der Waals surface area contributed by atoms with Crippen molar-refractivity contribution in [2.24, 2.45) is 5.92 Å². The van der Waals surface area contributed by atoms with E-state index in [2.05, 4.69) is 9.97 Å². The van der Waals surface area contributed by atoms with E-state index in [1.165, 1.54) is 12.8 Å². The molecule has 1 aliphatic rings. The van der Waals surface area contributed by atoms with Crippen LogP contribution in [-0.4, -0.2) is 15.1 Å². The molecule has 0 bridgehead atoms. The molecular formula is C15H16N2O2. The molecule has 0 radical (unpaired) electrons. The minimum atomic E-state index is -0.270. The predicted octanol–water partition coefficient (Wildman–Crippen LogP) is 2.40. The first kappa shape index (κ1) is 12.0. The van der Waals surface area contributed by atoms with Crippen LogP contribution in [0.4, 0.5) is 0 Å². The molecule has 1 heterocycles. The standard InChI is InChI=1S/C15H16N2O2/c1-9-3-2-4-11(7-9)13-14(18)16-12(17-15(13)19)8-10-5-6-10/h2-4,7,10H,5-6,8H2,1H3,(H2,16,17,18,19). The molecule has 0 aliphatic heterocycles. The van der Waals surface area contributed by atoms with Crippen molar-refractivity contribution in [2.45, 2.75) is 26.2 Å². The summed E-state index contributed by atoms with van der Waals surface area (Å²) in [5.74, 6) is 1.03. The van der Waals surface area contributed by atoms with Gasteiger partial charge in [-0.1, -0.05) is 29.8 Å². The zero-order chi connectivity index (χ0) is 13.4. The summed E-state index contributed by atoms with van der Waals surface area (Å²) in [5, 5.41) is 10.0. The number of aromatic amines is 1. The molecule has 1 aromatic carbocycles. The maximum absolute atomic E-state index is 12.1. The van der Waals surface area contributed by atoms with Crippen molar-refractivity contribution < 1.29 is 5.11 Å². The SMILES string of the molecule is Cc1cccc(-c2c(O)nc(CC3CC3)[nH]c2=O)c1. The summed E-state index contributed by atoms with van der Waals surface area (Å²) in [7, 11) is 0. The second-order valence-corrected chi connectivity index (χ2v) is 5.23. The van der Waals surface area contributed by atoms with Crippen molar-refractivity contribution in [1.82, 2.24) is 9.97 Å². The zero-order valence-corrected chi connectivity index (χ0v) is 10.8. The van der Waals surface area contributed by atoms with E-state index in [1.54, 1.807) is 6.07 Å². The first-order valence-corrected chi connectivity index (χ1v) is 6.52. The number of aromatic nitrogens is 2. The number of hydrogen-bond acceptors (Lipinski definition) is 3. The van der Waals surface area contributed by atoms with E-state index in [-0.39, 0.29) is 17.0 Å². The van der Waals surface area contributed by atoms with Gasteiger partial charge in [0.05, 0.1) is 0 Å². The molecule has 0 amide bonds. The van der Waals surface area contributed by atoms with Crippen LogP contribution in [0.5, 0.6) is 5.88 Å². The third-order valence-corrected chi connectivity index (χ3v) is 3.44. The molecule has 0 unspecified atom stereocenters. The van der Waals surface area contributed by atoms with Crippen LogP contribution in [-0.2, 0) is 6.42 Å². The van der Waals surface area contributed by atoms with E-state index in [0.717, 1.165) is 12.0 Å². The fourth-order valence-corrected chi connectivity index (χ4v) is 2.26. The number of nitrogens with zero attached hydrogens (tertiary/aromatic N) is 1. The molecule has 1 fully saturated rings. The monoisotopic (exact) mass is 256 g/mol. The lowest BCUT2D eigenvalue weighted by Gasteiger charge is -2.06. The number of rotatable bonds is 3. The van der Waals surface area contributed by atoms with Gasteiger partial charge >= 0.3 is 0 Å². The lowest BCUT2D eigenvalue weighted by molar-refractivity contribution is 0.449. The van der Waals surface area contributed by atoms with Crippen LogP contribution in [0.25, 0.3) is 11.1 Å². The molecule has 0 atom stereocenters. The van der Waals surface area contributed by atoms with Crippen molar-refractivity contribution >= 4 is 0 Å². The van der Waals surface area contributed by atoms with Gasteiger partial charge in [0, 0.05) is 6.42 Å². The van der Waals surface area contributed by atoms with Gasteiger partial charge in [0.2, 0.25) is 5.88 Å². The van der Waals surface area contributed by atoms with Crippen LogP contribution in [0.15, 0.2) is 29.1 Å². The van der Waals surface area contributed by atoms with Gasteiger partial charge in [-0.15, -0.1) is 0 Å².